The Morgan fingerprint density at radius 1 is 1.03 bits per heavy atom. The lowest BCUT2D eigenvalue weighted by atomic mass is 9.72. The third-order valence-electron chi connectivity index (χ3n) is 7.10. The van der Waals surface area contributed by atoms with Gasteiger partial charge in [0.25, 0.3) is 0 Å². The van der Waals surface area contributed by atoms with Gasteiger partial charge in [0, 0.05) is 42.1 Å². The van der Waals surface area contributed by atoms with E-state index in [2.05, 4.69) is 16.0 Å². The number of alkyl halides is 1. The molecular weight excluding hydrogens is 490 g/mol. The van der Waals surface area contributed by atoms with Crippen LogP contribution in [-0.2, 0) is 0 Å². The Balaban J connectivity index is 1.47. The van der Waals surface area contributed by atoms with Gasteiger partial charge in [0.15, 0.2) is 0 Å². The molecule has 1 aliphatic heterocycles. The Bertz CT molecular complexity index is 1420. The molecule has 1 unspecified atom stereocenters. The number of halogens is 3. The summed E-state index contributed by atoms with van der Waals surface area (Å²) in [6, 6.07) is 22.1. The minimum absolute atomic E-state index is 0.0219. The Labute approximate surface area is 220 Å². The highest BCUT2D eigenvalue weighted by atomic mass is 35.5. The van der Waals surface area contributed by atoms with Gasteiger partial charge in [0.05, 0.1) is 24.0 Å². The Morgan fingerprint density at radius 3 is 2.43 bits per heavy atom. The second-order valence-electron chi connectivity index (χ2n) is 10.2. The lowest BCUT2D eigenvalue weighted by molar-refractivity contribution is 0.00813. The van der Waals surface area contributed by atoms with E-state index in [1.807, 2.05) is 48.5 Å². The van der Waals surface area contributed by atoms with Crippen LogP contribution in [-0.4, -0.2) is 33.2 Å². The number of imidazole rings is 1. The minimum atomic E-state index is -1.56. The summed E-state index contributed by atoms with van der Waals surface area (Å²) in [6.45, 7) is 4.38. The molecular formula is C30H27ClF2N4. The largest absolute Gasteiger partial charge is 0.306 e. The predicted octanol–water partition coefficient (Wildman–Crippen LogP) is 7.09. The average molecular weight is 517 g/mol. The molecule has 1 aromatic heterocycles. The van der Waals surface area contributed by atoms with E-state index in [1.54, 1.807) is 43.2 Å². The van der Waals surface area contributed by atoms with Crippen LogP contribution in [0, 0.1) is 23.1 Å². The number of hydrogen-bond acceptors (Lipinski definition) is 3. The van der Waals surface area contributed by atoms with Crippen molar-refractivity contribution in [3.05, 3.63) is 119 Å². The smallest absolute Gasteiger partial charge is 0.125 e. The zero-order valence-corrected chi connectivity index (χ0v) is 21.4. The molecule has 1 fully saturated rings. The van der Waals surface area contributed by atoms with E-state index in [4.69, 9.17) is 11.6 Å². The van der Waals surface area contributed by atoms with Crippen LogP contribution in [0.2, 0.25) is 5.02 Å². The lowest BCUT2D eigenvalue weighted by Gasteiger charge is -2.50. The summed E-state index contributed by atoms with van der Waals surface area (Å²) in [5, 5.41) is 10.1. The molecule has 0 N–H and O–H groups in total. The van der Waals surface area contributed by atoms with Crippen LogP contribution >= 0.6 is 11.6 Å². The van der Waals surface area contributed by atoms with Gasteiger partial charge >= 0.3 is 0 Å². The molecule has 37 heavy (non-hydrogen) atoms. The number of hydrogen-bond donors (Lipinski definition) is 0. The fourth-order valence-electron chi connectivity index (χ4n) is 5.57. The first kappa shape index (κ1) is 25.1. The quantitative estimate of drug-likeness (QED) is 0.263. The predicted molar refractivity (Wildman–Crippen MR) is 141 cm³/mol. The first-order chi connectivity index (χ1) is 17.7. The molecule has 0 radical (unpaired) electrons. The first-order valence-corrected chi connectivity index (χ1v) is 12.6. The van der Waals surface area contributed by atoms with Crippen LogP contribution in [0.25, 0.3) is 5.69 Å². The molecule has 0 spiro atoms. The van der Waals surface area contributed by atoms with Gasteiger partial charge in [-0.05, 0) is 78.9 Å². The maximum absolute atomic E-state index is 15.7. The highest BCUT2D eigenvalue weighted by Gasteiger charge is 2.45. The van der Waals surface area contributed by atoms with E-state index >= 15 is 4.39 Å². The molecule has 2 atom stereocenters. The standard InChI is InChI=1S/C30H27ClF2N4/c1-30(2,33)28(23-13-26(32)15-27(14-23)36-11-10-35-19-36)24-17-37(18-24)29(21-6-8-25(31)9-7-21)22-5-3-4-20(12-22)16-34/h3-15,19,24,28-29H,17-18H2,1-2H3/t28-,29?/m0/s1. The van der Waals surface area contributed by atoms with E-state index in [0.717, 1.165) is 11.1 Å². The average Bonchev–Trinajstić information content (AvgIpc) is 3.38. The van der Waals surface area contributed by atoms with Crippen LogP contribution in [0.15, 0.2) is 85.5 Å². The van der Waals surface area contributed by atoms with Gasteiger partial charge in [-0.2, -0.15) is 5.26 Å². The normalized spacial score (nSPS) is 16.1. The molecule has 4 aromatic rings. The molecule has 3 aromatic carbocycles. The van der Waals surface area contributed by atoms with E-state index in [0.29, 0.717) is 34.9 Å². The maximum atomic E-state index is 15.7. The number of aromatic nitrogens is 2. The van der Waals surface area contributed by atoms with Crippen molar-refractivity contribution in [3.63, 3.8) is 0 Å². The van der Waals surface area contributed by atoms with Gasteiger partial charge in [-0.3, -0.25) is 4.90 Å². The van der Waals surface area contributed by atoms with Gasteiger partial charge in [-0.15, -0.1) is 0 Å². The minimum Gasteiger partial charge on any atom is -0.306 e. The number of rotatable bonds is 7. The number of likely N-dealkylation sites (tertiary alicyclic amines) is 1. The fraction of sp³-hybridized carbons (Fsp3) is 0.267. The summed E-state index contributed by atoms with van der Waals surface area (Å²) in [4.78, 5) is 6.33. The second kappa shape index (κ2) is 10.1. The Kier molecular flexibility index (Phi) is 6.85. The van der Waals surface area contributed by atoms with E-state index in [9.17, 15) is 9.65 Å². The third kappa shape index (κ3) is 5.29. The van der Waals surface area contributed by atoms with Crippen LogP contribution in [0.4, 0.5) is 8.78 Å². The highest BCUT2D eigenvalue weighted by molar-refractivity contribution is 6.30. The van der Waals surface area contributed by atoms with E-state index in [-0.39, 0.29) is 12.0 Å². The second-order valence-corrected chi connectivity index (χ2v) is 10.6. The molecule has 2 heterocycles. The summed E-state index contributed by atoms with van der Waals surface area (Å²) in [5.41, 5.74) is 2.31. The van der Waals surface area contributed by atoms with Crippen molar-refractivity contribution in [3.8, 4) is 11.8 Å². The Morgan fingerprint density at radius 2 is 1.78 bits per heavy atom. The topological polar surface area (TPSA) is 44.9 Å². The van der Waals surface area contributed by atoms with Crippen molar-refractivity contribution >= 4 is 11.6 Å². The molecule has 7 heteroatoms. The highest BCUT2D eigenvalue weighted by Crippen LogP contribution is 2.46. The van der Waals surface area contributed by atoms with Gasteiger partial charge in [-0.25, -0.2) is 13.8 Å². The molecule has 0 bridgehead atoms. The first-order valence-electron chi connectivity index (χ1n) is 12.2. The molecule has 0 aliphatic carbocycles. The molecule has 188 valence electrons. The summed E-state index contributed by atoms with van der Waals surface area (Å²) in [5.74, 6) is -0.927. The number of benzene rings is 3. The summed E-state index contributed by atoms with van der Waals surface area (Å²) < 4.78 is 32.1. The zero-order valence-electron chi connectivity index (χ0n) is 20.7. The van der Waals surface area contributed by atoms with Crippen molar-refractivity contribution in [2.24, 2.45) is 5.92 Å². The molecule has 1 aliphatic rings. The van der Waals surface area contributed by atoms with E-state index < -0.39 is 17.4 Å². The van der Waals surface area contributed by atoms with Crippen LogP contribution in [0.1, 0.15) is 48.1 Å². The summed E-state index contributed by atoms with van der Waals surface area (Å²) in [6.07, 6.45) is 4.97. The SMILES string of the molecule is CC(C)(F)[C@@H](c1cc(F)cc(-n2ccnc2)c1)C1CN(C(c2ccc(Cl)cc2)c2cccc(C#N)c2)C1. The molecule has 1 saturated heterocycles. The van der Waals surface area contributed by atoms with Crippen molar-refractivity contribution in [1.29, 1.82) is 5.26 Å². The lowest BCUT2D eigenvalue weighted by Crippen LogP contribution is -2.53. The van der Waals surface area contributed by atoms with E-state index in [1.165, 1.54) is 12.1 Å². The van der Waals surface area contributed by atoms with Crippen molar-refractivity contribution in [2.45, 2.75) is 31.5 Å². The summed E-state index contributed by atoms with van der Waals surface area (Å²) in [7, 11) is 0. The maximum Gasteiger partial charge on any atom is 0.125 e. The van der Waals surface area contributed by atoms with Crippen LogP contribution < -0.4 is 0 Å². The third-order valence-corrected chi connectivity index (χ3v) is 7.35. The van der Waals surface area contributed by atoms with Gasteiger partial charge in [-0.1, -0.05) is 35.9 Å². The van der Waals surface area contributed by atoms with Gasteiger partial charge in [0.2, 0.25) is 0 Å². The van der Waals surface area contributed by atoms with Gasteiger partial charge in [0.1, 0.15) is 11.5 Å². The van der Waals surface area contributed by atoms with Gasteiger partial charge < -0.3 is 4.57 Å². The van der Waals surface area contributed by atoms with Crippen LogP contribution in [0.5, 0.6) is 0 Å². The number of nitrogens with zero attached hydrogens (tertiary/aromatic N) is 4. The molecule has 0 amide bonds. The zero-order chi connectivity index (χ0) is 26.2. The van der Waals surface area contributed by atoms with Crippen LogP contribution in [0.3, 0.4) is 0 Å². The molecule has 0 saturated carbocycles. The van der Waals surface area contributed by atoms with Crippen molar-refractivity contribution in [2.75, 3.05) is 13.1 Å². The Hall–Kier alpha value is -3.53. The monoisotopic (exact) mass is 516 g/mol. The van der Waals surface area contributed by atoms with Crippen molar-refractivity contribution in [1.82, 2.24) is 14.5 Å². The fourth-order valence-corrected chi connectivity index (χ4v) is 5.70. The summed E-state index contributed by atoms with van der Waals surface area (Å²) >= 11 is 6.15. The van der Waals surface area contributed by atoms with Crippen molar-refractivity contribution < 1.29 is 8.78 Å². The molecule has 5 rings (SSSR count). The number of nitriles is 1. The molecule has 4 nitrogen and oxygen atoms in total.